The van der Waals surface area contributed by atoms with Crippen molar-refractivity contribution in [2.24, 2.45) is 0 Å². The van der Waals surface area contributed by atoms with E-state index in [0.717, 1.165) is 37.6 Å². The molecule has 5 N–H and O–H groups in total. The number of β-amino-alcohol motifs (C(OH)–C–C–N with tert-alkyl or cyclic N) is 1. The van der Waals surface area contributed by atoms with E-state index in [-0.39, 0.29) is 12.5 Å². The maximum atomic E-state index is 12.7. The minimum atomic E-state index is -0.241. The van der Waals surface area contributed by atoms with E-state index in [9.17, 15) is 4.79 Å². The highest BCUT2D eigenvalue weighted by atomic mass is 32.1. The Bertz CT molecular complexity index is 1130. The second-order valence-electron chi connectivity index (χ2n) is 7.89. The molecule has 174 valence electrons. The normalized spacial score (nSPS) is 14.3. The number of aryl methyl sites for hydroxylation is 2. The molecule has 0 spiro atoms. The van der Waals surface area contributed by atoms with Crippen molar-refractivity contribution >= 4 is 45.4 Å². The average Bonchev–Trinajstić information content (AvgIpc) is 3.25. The van der Waals surface area contributed by atoms with Gasteiger partial charge in [-0.2, -0.15) is 0 Å². The van der Waals surface area contributed by atoms with Crippen LogP contribution in [0.25, 0.3) is 0 Å². The fourth-order valence-electron chi connectivity index (χ4n) is 3.62. The zero-order valence-corrected chi connectivity index (χ0v) is 19.5. The number of hydrogen-bond donors (Lipinski definition) is 4. The second kappa shape index (κ2) is 10.1. The van der Waals surface area contributed by atoms with E-state index in [1.54, 1.807) is 18.3 Å². The Kier molecular flexibility index (Phi) is 7.02. The second-order valence-corrected chi connectivity index (χ2v) is 8.92. The number of aliphatic hydroxyl groups excluding tert-OH is 1. The van der Waals surface area contributed by atoms with E-state index in [1.807, 2.05) is 26.0 Å². The van der Waals surface area contributed by atoms with Crippen molar-refractivity contribution in [2.45, 2.75) is 13.8 Å². The number of rotatable bonds is 7. The Morgan fingerprint density at radius 3 is 2.73 bits per heavy atom. The van der Waals surface area contributed by atoms with Crippen LogP contribution in [-0.2, 0) is 0 Å². The maximum Gasteiger partial charge on any atom is 0.267 e. The number of carbonyl (C=O) groups is 1. The van der Waals surface area contributed by atoms with Crippen LogP contribution in [0.5, 0.6) is 0 Å². The maximum absolute atomic E-state index is 12.7. The number of amides is 1. The molecule has 0 saturated carbocycles. The van der Waals surface area contributed by atoms with Gasteiger partial charge < -0.3 is 26.4 Å². The molecule has 0 aliphatic carbocycles. The highest BCUT2D eigenvalue weighted by Gasteiger charge is 2.19. The fraction of sp³-hybridized carbons (Fsp3) is 0.364. The van der Waals surface area contributed by atoms with Crippen molar-refractivity contribution in [2.75, 3.05) is 60.6 Å². The van der Waals surface area contributed by atoms with Crippen LogP contribution in [0.3, 0.4) is 0 Å². The molecule has 2 aromatic heterocycles. The molecule has 3 aromatic rings. The number of nitrogens with zero attached hydrogens (tertiary/aromatic N) is 5. The van der Waals surface area contributed by atoms with Gasteiger partial charge in [-0.3, -0.25) is 9.69 Å². The Morgan fingerprint density at radius 2 is 1.97 bits per heavy atom. The standard InChI is InChI=1S/C22H28N8O2S/c1-14-3-4-16(23)11-17(14)27-21(32)18-13-24-22(33-18)28-19-12-20(26-15(2)25-19)30-7-5-29(6-8-30)9-10-31/h3-4,11-13,31H,5-10,23H2,1-2H3,(H,27,32)(H,24,25,26,28). The third-order valence-corrected chi connectivity index (χ3v) is 6.32. The molecule has 11 heteroatoms. The molecule has 3 heterocycles. The topological polar surface area (TPSA) is 133 Å². The first-order valence-electron chi connectivity index (χ1n) is 10.8. The summed E-state index contributed by atoms with van der Waals surface area (Å²) in [5, 5.41) is 15.8. The minimum Gasteiger partial charge on any atom is -0.399 e. The van der Waals surface area contributed by atoms with Gasteiger partial charge in [-0.25, -0.2) is 15.0 Å². The smallest absolute Gasteiger partial charge is 0.267 e. The van der Waals surface area contributed by atoms with Gasteiger partial charge in [0, 0.05) is 50.2 Å². The Balaban J connectivity index is 1.42. The molecule has 1 fully saturated rings. The lowest BCUT2D eigenvalue weighted by Gasteiger charge is -2.35. The summed E-state index contributed by atoms with van der Waals surface area (Å²) in [7, 11) is 0. The summed E-state index contributed by atoms with van der Waals surface area (Å²) < 4.78 is 0. The van der Waals surface area contributed by atoms with Crippen molar-refractivity contribution in [3.63, 3.8) is 0 Å². The van der Waals surface area contributed by atoms with Gasteiger partial charge in [0.15, 0.2) is 5.13 Å². The Morgan fingerprint density at radius 1 is 1.18 bits per heavy atom. The summed E-state index contributed by atoms with van der Waals surface area (Å²) in [6.45, 7) is 8.06. The Labute approximate surface area is 196 Å². The van der Waals surface area contributed by atoms with Gasteiger partial charge >= 0.3 is 0 Å². The fourth-order valence-corrected chi connectivity index (χ4v) is 4.34. The van der Waals surface area contributed by atoms with E-state index in [0.29, 0.717) is 39.6 Å². The van der Waals surface area contributed by atoms with Gasteiger partial charge in [0.25, 0.3) is 5.91 Å². The van der Waals surface area contributed by atoms with E-state index in [1.165, 1.54) is 11.3 Å². The molecule has 0 atom stereocenters. The molecule has 1 amide bonds. The molecule has 0 bridgehead atoms. The molecule has 4 rings (SSSR count). The van der Waals surface area contributed by atoms with E-state index >= 15 is 0 Å². The molecule has 0 unspecified atom stereocenters. The zero-order valence-electron chi connectivity index (χ0n) is 18.7. The summed E-state index contributed by atoms with van der Waals surface area (Å²) in [6, 6.07) is 7.30. The lowest BCUT2D eigenvalue weighted by Crippen LogP contribution is -2.47. The summed E-state index contributed by atoms with van der Waals surface area (Å²) in [6.07, 6.45) is 1.54. The lowest BCUT2D eigenvalue weighted by atomic mass is 10.2. The highest BCUT2D eigenvalue weighted by molar-refractivity contribution is 7.17. The van der Waals surface area contributed by atoms with E-state index < -0.39 is 0 Å². The van der Waals surface area contributed by atoms with Crippen molar-refractivity contribution < 1.29 is 9.90 Å². The number of carbonyl (C=O) groups excluding carboxylic acids is 1. The molecule has 10 nitrogen and oxygen atoms in total. The largest absolute Gasteiger partial charge is 0.399 e. The summed E-state index contributed by atoms with van der Waals surface area (Å²) in [5.74, 6) is 1.89. The van der Waals surface area contributed by atoms with Crippen LogP contribution in [0.1, 0.15) is 21.1 Å². The number of anilines is 5. The predicted molar refractivity (Wildman–Crippen MR) is 131 cm³/mol. The van der Waals surface area contributed by atoms with E-state index in [4.69, 9.17) is 10.8 Å². The first-order chi connectivity index (χ1) is 15.9. The lowest BCUT2D eigenvalue weighted by molar-refractivity contribution is 0.103. The van der Waals surface area contributed by atoms with Crippen molar-refractivity contribution in [1.29, 1.82) is 0 Å². The number of hydrogen-bond acceptors (Lipinski definition) is 10. The van der Waals surface area contributed by atoms with Gasteiger partial charge in [0.05, 0.1) is 12.8 Å². The molecular weight excluding hydrogens is 440 g/mol. The van der Waals surface area contributed by atoms with Gasteiger partial charge in [-0.05, 0) is 31.5 Å². The van der Waals surface area contributed by atoms with Crippen LogP contribution < -0.4 is 21.3 Å². The number of nitrogens with two attached hydrogens (primary N) is 1. The van der Waals surface area contributed by atoms with Gasteiger partial charge in [0.1, 0.15) is 22.3 Å². The van der Waals surface area contributed by atoms with Crippen LogP contribution >= 0.6 is 11.3 Å². The SMILES string of the molecule is Cc1nc(Nc2ncc(C(=O)Nc3cc(N)ccc3C)s2)cc(N2CCN(CCO)CC2)n1. The zero-order chi connectivity index (χ0) is 23.4. The van der Waals surface area contributed by atoms with Crippen molar-refractivity contribution in [3.8, 4) is 0 Å². The first kappa shape index (κ1) is 22.9. The molecule has 1 aliphatic rings. The summed E-state index contributed by atoms with van der Waals surface area (Å²) in [5.41, 5.74) is 8.03. The van der Waals surface area contributed by atoms with Gasteiger partial charge in [-0.1, -0.05) is 17.4 Å². The number of piperazine rings is 1. The Hall–Kier alpha value is -3.28. The molecule has 1 aliphatic heterocycles. The monoisotopic (exact) mass is 468 g/mol. The van der Waals surface area contributed by atoms with Crippen LogP contribution in [0, 0.1) is 13.8 Å². The van der Waals surface area contributed by atoms with Crippen molar-refractivity contribution in [1.82, 2.24) is 19.9 Å². The number of aromatic nitrogens is 3. The summed E-state index contributed by atoms with van der Waals surface area (Å²) in [4.78, 5) is 31.0. The molecule has 0 radical (unpaired) electrons. The predicted octanol–water partition coefficient (Wildman–Crippen LogP) is 2.24. The average molecular weight is 469 g/mol. The van der Waals surface area contributed by atoms with Crippen LogP contribution in [0.15, 0.2) is 30.5 Å². The van der Waals surface area contributed by atoms with E-state index in [2.05, 4.69) is 35.4 Å². The van der Waals surface area contributed by atoms with Crippen LogP contribution in [0.4, 0.5) is 28.1 Å². The number of nitrogen functional groups attached to an aromatic ring is 1. The number of thiazole rings is 1. The number of aliphatic hydroxyl groups is 1. The quantitative estimate of drug-likeness (QED) is 0.385. The third kappa shape index (κ3) is 5.75. The molecule has 1 saturated heterocycles. The molecule has 1 aromatic carbocycles. The highest BCUT2D eigenvalue weighted by Crippen LogP contribution is 2.26. The van der Waals surface area contributed by atoms with Gasteiger partial charge in [-0.15, -0.1) is 0 Å². The van der Waals surface area contributed by atoms with Crippen LogP contribution in [-0.4, -0.2) is 70.2 Å². The minimum absolute atomic E-state index is 0.174. The number of nitrogens with one attached hydrogen (secondary N) is 2. The summed E-state index contributed by atoms with van der Waals surface area (Å²) >= 11 is 1.25. The number of benzene rings is 1. The molecular formula is C22H28N8O2S. The first-order valence-corrected chi connectivity index (χ1v) is 11.6. The van der Waals surface area contributed by atoms with Gasteiger partial charge in [0.2, 0.25) is 0 Å². The van der Waals surface area contributed by atoms with Crippen molar-refractivity contribution in [3.05, 3.63) is 46.7 Å². The molecule has 33 heavy (non-hydrogen) atoms. The third-order valence-electron chi connectivity index (χ3n) is 5.41. The van der Waals surface area contributed by atoms with Crippen LogP contribution in [0.2, 0.25) is 0 Å².